The van der Waals surface area contributed by atoms with Crippen LogP contribution in [-0.2, 0) is 27.3 Å². The van der Waals surface area contributed by atoms with E-state index in [0.717, 1.165) is 24.4 Å². The van der Waals surface area contributed by atoms with Crippen LogP contribution in [0.1, 0.15) is 43.7 Å². The number of carbonyl (C=O) groups is 2. The topological polar surface area (TPSA) is 76.5 Å². The van der Waals surface area contributed by atoms with Crippen LogP contribution in [0.4, 0.5) is 0 Å². The highest BCUT2D eigenvalue weighted by Gasteiger charge is 2.30. The molecule has 3 rings (SSSR count). The van der Waals surface area contributed by atoms with Crippen LogP contribution in [-0.4, -0.2) is 52.6 Å². The van der Waals surface area contributed by atoms with E-state index in [2.05, 4.69) is 10.3 Å². The normalized spacial score (nSPS) is 20.8. The Labute approximate surface area is 136 Å². The van der Waals surface area contributed by atoms with Crippen molar-refractivity contribution < 1.29 is 14.3 Å². The summed E-state index contributed by atoms with van der Waals surface area (Å²) in [6.45, 7) is 3.39. The average molecular weight is 320 g/mol. The van der Waals surface area contributed by atoms with Crippen molar-refractivity contribution >= 4 is 11.8 Å². The van der Waals surface area contributed by atoms with Crippen LogP contribution in [0.25, 0.3) is 0 Å². The largest absolute Gasteiger partial charge is 0.375 e. The number of imidazole rings is 1. The fourth-order valence-corrected chi connectivity index (χ4v) is 3.18. The third kappa shape index (κ3) is 3.39. The van der Waals surface area contributed by atoms with E-state index < -0.39 is 0 Å². The summed E-state index contributed by atoms with van der Waals surface area (Å²) in [4.78, 5) is 30.5. The van der Waals surface area contributed by atoms with Crippen molar-refractivity contribution in [3.05, 3.63) is 17.7 Å². The summed E-state index contributed by atoms with van der Waals surface area (Å²) in [5, 5.41) is 3.03. The molecule has 0 radical (unpaired) electrons. The SMILES string of the molecule is COCC(=O)N1CCn2cc(CC(=O)NC3CCC3)nc2[C@H]1C. The minimum atomic E-state index is -0.102. The van der Waals surface area contributed by atoms with E-state index in [4.69, 9.17) is 4.74 Å². The zero-order valence-electron chi connectivity index (χ0n) is 13.7. The molecule has 2 amide bonds. The van der Waals surface area contributed by atoms with Gasteiger partial charge in [0.2, 0.25) is 11.8 Å². The molecule has 7 heteroatoms. The van der Waals surface area contributed by atoms with Crippen molar-refractivity contribution in [2.75, 3.05) is 20.3 Å². The van der Waals surface area contributed by atoms with Crippen molar-refractivity contribution in [2.45, 2.75) is 51.2 Å². The molecule has 7 nitrogen and oxygen atoms in total. The van der Waals surface area contributed by atoms with Crippen LogP contribution < -0.4 is 5.32 Å². The standard InChI is InChI=1S/C16H24N4O3/c1-11-16-18-13(8-14(21)17-12-4-3-5-12)9-19(16)6-7-20(11)15(22)10-23-2/h9,11-12H,3-8,10H2,1-2H3,(H,17,21)/t11-/m1/s1. The van der Waals surface area contributed by atoms with Crippen molar-refractivity contribution in [1.82, 2.24) is 19.8 Å². The number of nitrogens with zero attached hydrogens (tertiary/aromatic N) is 3. The molecule has 0 bridgehead atoms. The molecule has 1 aliphatic heterocycles. The van der Waals surface area contributed by atoms with Gasteiger partial charge in [0.15, 0.2) is 0 Å². The van der Waals surface area contributed by atoms with Crippen molar-refractivity contribution in [2.24, 2.45) is 0 Å². The molecule has 126 valence electrons. The molecule has 1 atom stereocenters. The van der Waals surface area contributed by atoms with E-state index >= 15 is 0 Å². The predicted molar refractivity (Wildman–Crippen MR) is 83.7 cm³/mol. The molecular formula is C16H24N4O3. The van der Waals surface area contributed by atoms with Crippen LogP contribution in [0.5, 0.6) is 0 Å². The lowest BCUT2D eigenvalue weighted by atomic mass is 9.93. The van der Waals surface area contributed by atoms with Gasteiger partial charge in [-0.2, -0.15) is 0 Å². The smallest absolute Gasteiger partial charge is 0.249 e. The Morgan fingerprint density at radius 1 is 1.39 bits per heavy atom. The maximum atomic E-state index is 12.1. The van der Waals surface area contributed by atoms with Gasteiger partial charge in [0.1, 0.15) is 12.4 Å². The van der Waals surface area contributed by atoms with E-state index in [9.17, 15) is 9.59 Å². The first kappa shape index (κ1) is 16.0. The number of methoxy groups -OCH3 is 1. The highest BCUT2D eigenvalue weighted by atomic mass is 16.5. The van der Waals surface area contributed by atoms with Crippen LogP contribution in [0.15, 0.2) is 6.20 Å². The number of hydrogen-bond acceptors (Lipinski definition) is 4. The van der Waals surface area contributed by atoms with E-state index in [1.807, 2.05) is 17.7 Å². The molecule has 0 aromatic carbocycles. The molecule has 1 saturated carbocycles. The summed E-state index contributed by atoms with van der Waals surface area (Å²) in [5.74, 6) is 0.843. The zero-order chi connectivity index (χ0) is 16.4. The van der Waals surface area contributed by atoms with Gasteiger partial charge in [0, 0.05) is 32.4 Å². The van der Waals surface area contributed by atoms with Crippen LogP contribution >= 0.6 is 0 Å². The van der Waals surface area contributed by atoms with Gasteiger partial charge in [-0.25, -0.2) is 4.98 Å². The van der Waals surface area contributed by atoms with Gasteiger partial charge in [0.25, 0.3) is 0 Å². The molecule has 2 heterocycles. The Balaban J connectivity index is 1.65. The number of fused-ring (bicyclic) bond motifs is 1. The van der Waals surface area contributed by atoms with Gasteiger partial charge in [-0.3, -0.25) is 9.59 Å². The van der Waals surface area contributed by atoms with Gasteiger partial charge in [-0.1, -0.05) is 0 Å². The number of ether oxygens (including phenoxy) is 1. The third-order valence-corrected chi connectivity index (χ3v) is 4.68. The van der Waals surface area contributed by atoms with Gasteiger partial charge in [-0.15, -0.1) is 0 Å². The van der Waals surface area contributed by atoms with Crippen molar-refractivity contribution in [3.63, 3.8) is 0 Å². The number of rotatable bonds is 5. The first-order chi connectivity index (χ1) is 11.1. The number of nitrogens with one attached hydrogen (secondary N) is 1. The number of carbonyl (C=O) groups excluding carboxylic acids is 2. The number of amides is 2. The fraction of sp³-hybridized carbons (Fsp3) is 0.688. The molecule has 1 aliphatic carbocycles. The predicted octanol–water partition coefficient (Wildman–Crippen LogP) is 0.644. The van der Waals surface area contributed by atoms with E-state index in [1.165, 1.54) is 13.5 Å². The lowest BCUT2D eigenvalue weighted by Gasteiger charge is -2.33. The fourth-order valence-electron chi connectivity index (χ4n) is 3.18. The van der Waals surface area contributed by atoms with Gasteiger partial charge >= 0.3 is 0 Å². The molecule has 0 spiro atoms. The van der Waals surface area contributed by atoms with Gasteiger partial charge in [0.05, 0.1) is 18.2 Å². The molecule has 0 unspecified atom stereocenters. The minimum absolute atomic E-state index is 0.0291. The van der Waals surface area contributed by atoms with Crippen molar-refractivity contribution in [3.8, 4) is 0 Å². The van der Waals surface area contributed by atoms with E-state index in [1.54, 1.807) is 4.90 Å². The highest BCUT2D eigenvalue weighted by Crippen LogP contribution is 2.25. The molecular weight excluding hydrogens is 296 g/mol. The molecule has 1 aromatic rings. The first-order valence-corrected chi connectivity index (χ1v) is 8.22. The average Bonchev–Trinajstić information content (AvgIpc) is 2.87. The van der Waals surface area contributed by atoms with Crippen LogP contribution in [0.3, 0.4) is 0 Å². The quantitative estimate of drug-likeness (QED) is 0.864. The third-order valence-electron chi connectivity index (χ3n) is 4.68. The monoisotopic (exact) mass is 320 g/mol. The Morgan fingerprint density at radius 2 is 2.17 bits per heavy atom. The Morgan fingerprint density at radius 3 is 2.83 bits per heavy atom. The zero-order valence-corrected chi connectivity index (χ0v) is 13.7. The van der Waals surface area contributed by atoms with Crippen molar-refractivity contribution in [1.29, 1.82) is 0 Å². The maximum Gasteiger partial charge on any atom is 0.249 e. The van der Waals surface area contributed by atoms with Gasteiger partial charge in [-0.05, 0) is 26.2 Å². The highest BCUT2D eigenvalue weighted by molar-refractivity contribution is 5.79. The Bertz CT molecular complexity index is 594. The minimum Gasteiger partial charge on any atom is -0.375 e. The van der Waals surface area contributed by atoms with E-state index in [-0.39, 0.29) is 24.5 Å². The lowest BCUT2D eigenvalue weighted by molar-refractivity contribution is -0.138. The first-order valence-electron chi connectivity index (χ1n) is 8.22. The maximum absolute atomic E-state index is 12.1. The summed E-state index contributed by atoms with van der Waals surface area (Å²) < 4.78 is 6.98. The van der Waals surface area contributed by atoms with Crippen LogP contribution in [0, 0.1) is 0 Å². The summed E-state index contributed by atoms with van der Waals surface area (Å²) in [6.07, 6.45) is 5.60. The second-order valence-electron chi connectivity index (χ2n) is 6.35. The molecule has 2 aliphatic rings. The molecule has 1 fully saturated rings. The molecule has 1 aromatic heterocycles. The summed E-state index contributed by atoms with van der Waals surface area (Å²) in [5.41, 5.74) is 0.768. The summed E-state index contributed by atoms with van der Waals surface area (Å²) >= 11 is 0. The van der Waals surface area contributed by atoms with E-state index in [0.29, 0.717) is 25.6 Å². The second kappa shape index (κ2) is 6.70. The Hall–Kier alpha value is -1.89. The second-order valence-corrected chi connectivity index (χ2v) is 6.35. The van der Waals surface area contributed by atoms with Crippen LogP contribution in [0.2, 0.25) is 0 Å². The lowest BCUT2D eigenvalue weighted by Crippen LogP contribution is -2.42. The number of hydrogen-bond donors (Lipinski definition) is 1. The number of aromatic nitrogens is 2. The molecule has 1 N–H and O–H groups in total. The van der Waals surface area contributed by atoms with Gasteiger partial charge < -0.3 is 19.5 Å². The Kier molecular flexibility index (Phi) is 4.66. The molecule has 23 heavy (non-hydrogen) atoms. The summed E-state index contributed by atoms with van der Waals surface area (Å²) in [7, 11) is 1.52. The molecule has 0 saturated heterocycles. The summed E-state index contributed by atoms with van der Waals surface area (Å²) in [6, 6.07) is 0.246.